The van der Waals surface area contributed by atoms with Crippen LogP contribution in [0, 0.1) is 6.92 Å². The molecule has 0 atom stereocenters. The molecule has 0 bridgehead atoms. The number of aryl methyl sites for hydroxylation is 1. The molecule has 108 valence electrons. The summed E-state index contributed by atoms with van der Waals surface area (Å²) >= 11 is 0. The van der Waals surface area contributed by atoms with Crippen LogP contribution in [0.1, 0.15) is 41.3 Å². The molecule has 2 aliphatic rings. The average molecular weight is 284 g/mol. The largest absolute Gasteiger partial charge is 0.340 e. The lowest BCUT2D eigenvalue weighted by molar-refractivity contribution is -0.751. The molecule has 2 aromatic heterocycles. The van der Waals surface area contributed by atoms with Crippen LogP contribution >= 0.6 is 0 Å². The van der Waals surface area contributed by atoms with E-state index in [1.165, 1.54) is 0 Å². The summed E-state index contributed by atoms with van der Waals surface area (Å²) in [4.78, 5) is 21.2. The molecule has 0 saturated heterocycles. The minimum absolute atomic E-state index is 0.000975. The second-order valence-electron chi connectivity index (χ2n) is 6.47. The fourth-order valence-electron chi connectivity index (χ4n) is 3.50. The quantitative estimate of drug-likeness (QED) is 0.697. The van der Waals surface area contributed by atoms with Crippen molar-refractivity contribution in [2.75, 3.05) is 6.54 Å². The van der Waals surface area contributed by atoms with Gasteiger partial charge in [0.1, 0.15) is 11.5 Å². The number of hydrogen-bond acceptors (Lipinski definition) is 3. The van der Waals surface area contributed by atoms with Gasteiger partial charge < -0.3 is 5.32 Å². The summed E-state index contributed by atoms with van der Waals surface area (Å²) in [7, 11) is 0. The van der Waals surface area contributed by atoms with Crippen LogP contribution in [0.4, 0.5) is 0 Å². The number of nitrogens with one attached hydrogen (secondary N) is 2. The number of H-pyrrole nitrogens is 1. The zero-order valence-electron chi connectivity index (χ0n) is 12.4. The molecule has 1 amide bonds. The van der Waals surface area contributed by atoms with E-state index >= 15 is 0 Å². The summed E-state index contributed by atoms with van der Waals surface area (Å²) in [5.74, 6) is 0.752. The zero-order chi connectivity index (χ0) is 14.8. The van der Waals surface area contributed by atoms with Gasteiger partial charge in [0.15, 0.2) is 6.54 Å². The standard InChI is InChI=1S/C15H17N5O/c1-8-17-7-9-6-15(2,3)10-12(11(9)18-8)19-20-5-4-16-14(21)13(10)20/h7H,4-6H2,1-3H3,(H,16,21)/p+1. The van der Waals surface area contributed by atoms with Crippen LogP contribution in [0.5, 0.6) is 0 Å². The number of carbonyl (C=O) groups excluding carboxylic acids is 1. The van der Waals surface area contributed by atoms with E-state index in [1.54, 1.807) is 0 Å². The van der Waals surface area contributed by atoms with E-state index in [0.29, 0.717) is 6.54 Å². The maximum atomic E-state index is 12.3. The van der Waals surface area contributed by atoms with Crippen LogP contribution in [0.2, 0.25) is 0 Å². The lowest BCUT2D eigenvalue weighted by atomic mass is 9.73. The van der Waals surface area contributed by atoms with E-state index in [-0.39, 0.29) is 11.3 Å². The Balaban J connectivity index is 2.06. The first-order valence-electron chi connectivity index (χ1n) is 7.25. The summed E-state index contributed by atoms with van der Waals surface area (Å²) in [6.45, 7) is 7.66. The molecule has 0 fully saturated rings. The van der Waals surface area contributed by atoms with Gasteiger partial charge in [-0.1, -0.05) is 13.8 Å². The van der Waals surface area contributed by atoms with Crippen LogP contribution in [0.3, 0.4) is 0 Å². The first-order chi connectivity index (χ1) is 9.97. The molecule has 0 saturated carbocycles. The SMILES string of the molecule is Cc1ncc2c(n1)-c1[nH][n+]3c(c1C(C)(C)C2)C(=O)NCC3. The molecule has 1 aliphatic carbocycles. The van der Waals surface area contributed by atoms with Gasteiger partial charge in [0.2, 0.25) is 0 Å². The van der Waals surface area contributed by atoms with Gasteiger partial charge >= 0.3 is 5.91 Å². The van der Waals surface area contributed by atoms with Crippen molar-refractivity contribution in [1.29, 1.82) is 0 Å². The first-order valence-corrected chi connectivity index (χ1v) is 7.25. The van der Waals surface area contributed by atoms with Crippen LogP contribution in [-0.4, -0.2) is 27.5 Å². The summed E-state index contributed by atoms with van der Waals surface area (Å²) in [5, 5.41) is 6.32. The Bertz CT molecular complexity index is 775. The van der Waals surface area contributed by atoms with E-state index in [0.717, 1.165) is 47.0 Å². The topological polar surface area (TPSA) is 74.5 Å². The van der Waals surface area contributed by atoms with Gasteiger partial charge in [0.05, 0.1) is 17.8 Å². The monoisotopic (exact) mass is 284 g/mol. The number of aromatic amines is 1. The Morgan fingerprint density at radius 1 is 1.38 bits per heavy atom. The number of carbonyl (C=O) groups is 1. The highest BCUT2D eigenvalue weighted by Gasteiger charge is 2.45. The summed E-state index contributed by atoms with van der Waals surface area (Å²) in [5.41, 5.74) is 4.75. The molecule has 0 aromatic carbocycles. The third-order valence-corrected chi connectivity index (χ3v) is 4.37. The molecule has 3 heterocycles. The minimum Gasteiger partial charge on any atom is -0.340 e. The molecule has 0 radical (unpaired) electrons. The minimum atomic E-state index is -0.118. The molecule has 2 aromatic rings. The Morgan fingerprint density at radius 3 is 3.00 bits per heavy atom. The summed E-state index contributed by atoms with van der Waals surface area (Å²) in [6.07, 6.45) is 2.75. The molecular formula is C15H18N5O+. The summed E-state index contributed by atoms with van der Waals surface area (Å²) < 4.78 is 1.96. The molecule has 0 spiro atoms. The first kappa shape index (κ1) is 12.5. The van der Waals surface area contributed by atoms with Crippen molar-refractivity contribution in [1.82, 2.24) is 20.4 Å². The van der Waals surface area contributed by atoms with Crippen molar-refractivity contribution in [3.05, 3.63) is 28.8 Å². The average Bonchev–Trinajstić information content (AvgIpc) is 2.82. The second kappa shape index (κ2) is 3.90. The lowest BCUT2D eigenvalue weighted by Gasteiger charge is -2.29. The normalized spacial score (nSPS) is 18.5. The van der Waals surface area contributed by atoms with Gasteiger partial charge in [-0.25, -0.2) is 9.97 Å². The van der Waals surface area contributed by atoms with E-state index in [1.807, 2.05) is 17.8 Å². The number of nitrogens with zero attached hydrogens (tertiary/aromatic N) is 3. The highest BCUT2D eigenvalue weighted by atomic mass is 16.2. The number of aromatic nitrogens is 4. The fraction of sp³-hybridized carbons (Fsp3) is 0.467. The second-order valence-corrected chi connectivity index (χ2v) is 6.47. The van der Waals surface area contributed by atoms with Gasteiger partial charge in [-0.15, -0.1) is 4.68 Å². The van der Waals surface area contributed by atoms with Crippen LogP contribution < -0.4 is 10.00 Å². The highest BCUT2D eigenvalue weighted by Crippen LogP contribution is 2.42. The van der Waals surface area contributed by atoms with Crippen molar-refractivity contribution < 1.29 is 9.48 Å². The maximum Gasteiger partial charge on any atom is 0.319 e. The van der Waals surface area contributed by atoms with Crippen molar-refractivity contribution in [3.8, 4) is 11.4 Å². The fourth-order valence-corrected chi connectivity index (χ4v) is 3.50. The molecule has 1 aliphatic heterocycles. The van der Waals surface area contributed by atoms with E-state index < -0.39 is 0 Å². The third kappa shape index (κ3) is 1.65. The van der Waals surface area contributed by atoms with Crippen molar-refractivity contribution in [2.45, 2.75) is 39.2 Å². The molecule has 6 heteroatoms. The Morgan fingerprint density at radius 2 is 2.19 bits per heavy atom. The Hall–Kier alpha value is -2.24. The Labute approximate surface area is 122 Å². The van der Waals surface area contributed by atoms with Gasteiger partial charge in [-0.05, 0) is 18.9 Å². The number of fused-ring (bicyclic) bond motifs is 5. The molecule has 21 heavy (non-hydrogen) atoms. The maximum absolute atomic E-state index is 12.3. The van der Waals surface area contributed by atoms with Crippen molar-refractivity contribution >= 4 is 5.91 Å². The highest BCUT2D eigenvalue weighted by molar-refractivity contribution is 5.95. The van der Waals surface area contributed by atoms with Gasteiger partial charge in [0, 0.05) is 11.6 Å². The smallest absolute Gasteiger partial charge is 0.319 e. The van der Waals surface area contributed by atoms with Crippen molar-refractivity contribution in [3.63, 3.8) is 0 Å². The molecule has 0 unspecified atom stereocenters. The van der Waals surface area contributed by atoms with E-state index in [4.69, 9.17) is 0 Å². The summed E-state index contributed by atoms with van der Waals surface area (Å²) in [6, 6.07) is 0. The zero-order valence-corrected chi connectivity index (χ0v) is 12.4. The van der Waals surface area contributed by atoms with Gasteiger partial charge in [-0.3, -0.25) is 4.79 Å². The van der Waals surface area contributed by atoms with E-state index in [2.05, 4.69) is 34.2 Å². The Kier molecular flexibility index (Phi) is 2.32. The van der Waals surface area contributed by atoms with Gasteiger partial charge in [-0.2, -0.15) is 5.10 Å². The predicted molar refractivity (Wildman–Crippen MR) is 75.8 cm³/mol. The number of amides is 1. The molecule has 2 N–H and O–H groups in total. The van der Waals surface area contributed by atoms with Crippen LogP contribution in [0.15, 0.2) is 6.20 Å². The predicted octanol–water partition coefficient (Wildman–Crippen LogP) is 0.645. The third-order valence-electron chi connectivity index (χ3n) is 4.37. The van der Waals surface area contributed by atoms with E-state index in [9.17, 15) is 4.79 Å². The number of hydrogen-bond donors (Lipinski definition) is 2. The molecule has 4 rings (SSSR count). The molecular weight excluding hydrogens is 266 g/mol. The molecule has 6 nitrogen and oxygen atoms in total. The van der Waals surface area contributed by atoms with Crippen molar-refractivity contribution in [2.24, 2.45) is 0 Å². The lowest BCUT2D eigenvalue weighted by Crippen LogP contribution is -2.53. The van der Waals surface area contributed by atoms with Gasteiger partial charge in [0.25, 0.3) is 5.69 Å². The number of rotatable bonds is 0. The van der Waals surface area contributed by atoms with Crippen LogP contribution in [-0.2, 0) is 18.4 Å². The van der Waals surface area contributed by atoms with Crippen LogP contribution in [0.25, 0.3) is 11.4 Å².